The summed E-state index contributed by atoms with van der Waals surface area (Å²) in [5, 5.41) is 12.5. The summed E-state index contributed by atoms with van der Waals surface area (Å²) in [7, 11) is 0. The lowest BCUT2D eigenvalue weighted by Gasteiger charge is -2.19. The van der Waals surface area contributed by atoms with Gasteiger partial charge in [-0.2, -0.15) is 0 Å². The molecule has 0 fully saturated rings. The van der Waals surface area contributed by atoms with Crippen molar-refractivity contribution in [1.29, 1.82) is 0 Å². The standard InChI is InChI=1S/C18H16N2O2/c1-13-17(15-9-5-3-6-10-15)20(22)18(14(2)19(13)21)16-11-7-4-8-12-16/h3-12H,1-2H3. The fourth-order valence-corrected chi connectivity index (χ4v) is 2.69. The van der Waals surface area contributed by atoms with E-state index < -0.39 is 0 Å². The van der Waals surface area contributed by atoms with Crippen molar-refractivity contribution < 1.29 is 4.43 Å². The predicted molar refractivity (Wildman–Crippen MR) is 86.9 cm³/mol. The van der Waals surface area contributed by atoms with Crippen molar-refractivity contribution in [1.82, 2.24) is 4.73 Å². The molecule has 4 nitrogen and oxygen atoms in total. The van der Waals surface area contributed by atoms with Crippen molar-refractivity contribution in [3.8, 4) is 22.5 Å². The zero-order chi connectivity index (χ0) is 15.7. The van der Waals surface area contributed by atoms with Gasteiger partial charge in [-0.25, -0.2) is 0 Å². The first-order valence-corrected chi connectivity index (χ1v) is 7.08. The summed E-state index contributed by atoms with van der Waals surface area (Å²) < 4.78 is 1.70. The molecule has 4 heteroatoms. The monoisotopic (exact) mass is 292 g/mol. The minimum Gasteiger partial charge on any atom is -0.805 e. The van der Waals surface area contributed by atoms with E-state index in [4.69, 9.17) is 0 Å². The SMILES string of the molecule is Cc1c(-c2ccccc2)[n+](=O)c(-c2ccccc2)c(C)n1[O-]. The van der Waals surface area contributed by atoms with E-state index in [0.29, 0.717) is 22.8 Å². The molecule has 0 aliphatic carbocycles. The predicted octanol–water partition coefficient (Wildman–Crippen LogP) is 3.70. The zero-order valence-corrected chi connectivity index (χ0v) is 12.5. The fourth-order valence-electron chi connectivity index (χ4n) is 2.69. The highest BCUT2D eigenvalue weighted by Crippen LogP contribution is 2.25. The van der Waals surface area contributed by atoms with Gasteiger partial charge in [0.2, 0.25) is 0 Å². The largest absolute Gasteiger partial charge is 0.805 e. The summed E-state index contributed by atoms with van der Waals surface area (Å²) in [6.07, 6.45) is 0. The molecule has 0 aliphatic heterocycles. The highest BCUT2D eigenvalue weighted by molar-refractivity contribution is 5.64. The molecule has 0 atom stereocenters. The van der Waals surface area contributed by atoms with Crippen molar-refractivity contribution in [2.45, 2.75) is 13.8 Å². The number of hydrogen-bond acceptors (Lipinski definition) is 2. The van der Waals surface area contributed by atoms with Crippen LogP contribution in [0.2, 0.25) is 0 Å². The third kappa shape index (κ3) is 2.19. The van der Waals surface area contributed by atoms with Gasteiger partial charge in [0.15, 0.2) is 0 Å². The molecule has 1 aromatic heterocycles. The molecule has 0 spiro atoms. The molecule has 22 heavy (non-hydrogen) atoms. The van der Waals surface area contributed by atoms with Crippen molar-refractivity contribution in [3.05, 3.63) is 82.2 Å². The Morgan fingerprint density at radius 2 is 1.14 bits per heavy atom. The van der Waals surface area contributed by atoms with Crippen molar-refractivity contribution in [2.24, 2.45) is 0 Å². The molecule has 1 heterocycles. The second-order valence-electron chi connectivity index (χ2n) is 5.19. The van der Waals surface area contributed by atoms with E-state index in [0.717, 1.165) is 20.3 Å². The van der Waals surface area contributed by atoms with Gasteiger partial charge in [-0.1, -0.05) is 36.4 Å². The minimum absolute atomic E-state index is 0.389. The van der Waals surface area contributed by atoms with Crippen LogP contribution in [0.3, 0.4) is 0 Å². The van der Waals surface area contributed by atoms with E-state index in [2.05, 4.69) is 0 Å². The fraction of sp³-hybridized carbons (Fsp3) is 0.111. The molecule has 110 valence electrons. The van der Waals surface area contributed by atoms with Gasteiger partial charge in [-0.15, -0.1) is 0 Å². The van der Waals surface area contributed by atoms with Gasteiger partial charge >= 0.3 is 0 Å². The average molecular weight is 292 g/mol. The lowest BCUT2D eigenvalue weighted by Crippen LogP contribution is -2.27. The van der Waals surface area contributed by atoms with Crippen LogP contribution in [0.15, 0.2) is 60.7 Å². The van der Waals surface area contributed by atoms with Gasteiger partial charge in [0.1, 0.15) is 0 Å². The van der Waals surface area contributed by atoms with Crippen LogP contribution < -0.4 is 4.43 Å². The Morgan fingerprint density at radius 3 is 1.50 bits per heavy atom. The van der Waals surface area contributed by atoms with Crippen LogP contribution in [0.4, 0.5) is 0 Å². The Bertz CT molecular complexity index is 799. The third-order valence-corrected chi connectivity index (χ3v) is 3.80. The molecule has 3 rings (SSSR count). The molecule has 2 aromatic carbocycles. The molecule has 0 saturated heterocycles. The summed E-state index contributed by atoms with van der Waals surface area (Å²) in [5.74, 6) is 0. The van der Waals surface area contributed by atoms with E-state index in [1.807, 2.05) is 60.7 Å². The molecule has 0 unspecified atom stereocenters. The molecule has 0 bridgehead atoms. The maximum absolute atomic E-state index is 12.9. The van der Waals surface area contributed by atoms with Crippen LogP contribution in [0.1, 0.15) is 11.4 Å². The summed E-state index contributed by atoms with van der Waals surface area (Å²) in [4.78, 5) is 12.9. The Hall–Kier alpha value is -2.88. The molecule has 0 N–H and O–H groups in total. The average Bonchev–Trinajstić information content (AvgIpc) is 2.55. The zero-order valence-electron chi connectivity index (χ0n) is 12.5. The molecular weight excluding hydrogens is 276 g/mol. The number of nitrogens with zero attached hydrogens (tertiary/aromatic N) is 2. The molecule has 3 aromatic rings. The topological polar surface area (TPSA) is 51.0 Å². The van der Waals surface area contributed by atoms with Crippen LogP contribution in [0.5, 0.6) is 0 Å². The summed E-state index contributed by atoms with van der Waals surface area (Å²) in [6.45, 7) is 3.34. The highest BCUT2D eigenvalue weighted by atomic mass is 16.5. The third-order valence-electron chi connectivity index (χ3n) is 3.80. The normalized spacial score (nSPS) is 10.6. The van der Waals surface area contributed by atoms with Gasteiger partial charge in [-0.3, -0.25) is 0 Å². The van der Waals surface area contributed by atoms with E-state index in [9.17, 15) is 10.1 Å². The Labute approximate surface area is 128 Å². The number of benzene rings is 2. The Balaban J connectivity index is 2.39. The smallest absolute Gasteiger partial charge is 0.289 e. The maximum atomic E-state index is 12.9. The first-order chi connectivity index (χ1) is 10.6. The van der Waals surface area contributed by atoms with Crippen molar-refractivity contribution >= 4 is 0 Å². The van der Waals surface area contributed by atoms with Crippen LogP contribution in [0.25, 0.3) is 22.5 Å². The highest BCUT2D eigenvalue weighted by Gasteiger charge is 2.25. The second-order valence-corrected chi connectivity index (χ2v) is 5.19. The Kier molecular flexibility index (Phi) is 3.51. The van der Waals surface area contributed by atoms with E-state index in [1.54, 1.807) is 13.8 Å². The first kappa shape index (κ1) is 14.1. The lowest BCUT2D eigenvalue weighted by atomic mass is 10.1. The van der Waals surface area contributed by atoms with Gasteiger partial charge in [-0.05, 0) is 38.1 Å². The number of rotatable bonds is 2. The van der Waals surface area contributed by atoms with Crippen molar-refractivity contribution in [2.75, 3.05) is 0 Å². The number of aromatic nitrogens is 2. The summed E-state index contributed by atoms with van der Waals surface area (Å²) >= 11 is 0. The van der Waals surface area contributed by atoms with Crippen LogP contribution in [-0.2, 0) is 0 Å². The minimum atomic E-state index is 0.389. The first-order valence-electron chi connectivity index (χ1n) is 7.08. The molecule has 0 radical (unpaired) electrons. The van der Waals surface area contributed by atoms with Crippen LogP contribution >= 0.6 is 0 Å². The van der Waals surface area contributed by atoms with Gasteiger partial charge in [0.05, 0.1) is 26.9 Å². The van der Waals surface area contributed by atoms with Crippen LogP contribution in [0, 0.1) is 24.0 Å². The quantitative estimate of drug-likeness (QED) is 0.676. The molecule has 0 aliphatic rings. The molecule has 0 saturated carbocycles. The maximum Gasteiger partial charge on any atom is 0.289 e. The van der Waals surface area contributed by atoms with E-state index in [-0.39, 0.29) is 0 Å². The van der Waals surface area contributed by atoms with E-state index in [1.165, 1.54) is 0 Å². The van der Waals surface area contributed by atoms with Gasteiger partial charge < -0.3 is 9.94 Å². The van der Waals surface area contributed by atoms with Gasteiger partial charge in [0, 0.05) is 4.91 Å². The van der Waals surface area contributed by atoms with Crippen LogP contribution in [-0.4, -0.2) is 4.73 Å². The second kappa shape index (κ2) is 5.48. The van der Waals surface area contributed by atoms with Gasteiger partial charge in [0.25, 0.3) is 11.4 Å². The molecule has 0 amide bonds. The summed E-state index contributed by atoms with van der Waals surface area (Å²) in [5.41, 5.74) is 3.05. The lowest BCUT2D eigenvalue weighted by molar-refractivity contribution is -0.471. The number of hydrogen-bond donors (Lipinski definition) is 0. The summed E-state index contributed by atoms with van der Waals surface area (Å²) in [6, 6.07) is 18.5. The van der Waals surface area contributed by atoms with E-state index >= 15 is 0 Å². The van der Waals surface area contributed by atoms with Crippen molar-refractivity contribution in [3.63, 3.8) is 0 Å². The molecular formula is C18H16N2O2. The Morgan fingerprint density at radius 1 is 0.773 bits per heavy atom.